The Balaban J connectivity index is 1.80. The molecule has 2 heterocycles. The third-order valence-corrected chi connectivity index (χ3v) is 4.27. The van der Waals surface area contributed by atoms with E-state index in [2.05, 4.69) is 11.1 Å². The highest BCUT2D eigenvalue weighted by molar-refractivity contribution is 5.59. The Morgan fingerprint density at radius 2 is 2.10 bits per heavy atom. The molecule has 3 nitrogen and oxygen atoms in total. The quantitative estimate of drug-likeness (QED) is 0.911. The van der Waals surface area contributed by atoms with Crippen molar-refractivity contribution < 1.29 is 4.42 Å². The van der Waals surface area contributed by atoms with E-state index in [1.54, 1.807) is 6.20 Å². The lowest BCUT2D eigenvalue weighted by molar-refractivity contribution is 0.401. The van der Waals surface area contributed by atoms with Crippen molar-refractivity contribution in [3.05, 3.63) is 48.0 Å². The van der Waals surface area contributed by atoms with Crippen molar-refractivity contribution >= 4 is 6.08 Å². The zero-order valence-corrected chi connectivity index (χ0v) is 12.3. The summed E-state index contributed by atoms with van der Waals surface area (Å²) in [5.41, 5.74) is 8.27. The molecule has 0 radical (unpaired) electrons. The van der Waals surface area contributed by atoms with Crippen molar-refractivity contribution in [3.8, 4) is 11.3 Å². The molecule has 0 bridgehead atoms. The molecule has 1 aliphatic rings. The van der Waals surface area contributed by atoms with Crippen LogP contribution >= 0.6 is 0 Å². The van der Waals surface area contributed by atoms with E-state index in [0.717, 1.165) is 17.1 Å². The number of rotatable bonds is 4. The number of nitrogens with zero attached hydrogens (tertiary/aromatic N) is 1. The van der Waals surface area contributed by atoms with E-state index in [0.29, 0.717) is 12.5 Å². The Bertz CT molecular complexity index is 595. The lowest BCUT2D eigenvalue weighted by Gasteiger charge is -2.23. The first-order valence-corrected chi connectivity index (χ1v) is 7.77. The monoisotopic (exact) mass is 282 g/mol. The summed E-state index contributed by atoms with van der Waals surface area (Å²) in [5.74, 6) is 2.38. The summed E-state index contributed by atoms with van der Waals surface area (Å²) < 4.78 is 5.92. The van der Waals surface area contributed by atoms with Gasteiger partial charge in [0.1, 0.15) is 11.5 Å². The summed E-state index contributed by atoms with van der Waals surface area (Å²) in [6.07, 6.45) is 12.2. The molecule has 2 N–H and O–H groups in total. The molecule has 2 aromatic heterocycles. The van der Waals surface area contributed by atoms with Gasteiger partial charge in [-0.25, -0.2) is 0 Å². The predicted molar refractivity (Wildman–Crippen MR) is 85.5 cm³/mol. The molecule has 1 fully saturated rings. The molecule has 21 heavy (non-hydrogen) atoms. The minimum Gasteiger partial charge on any atom is -0.457 e. The van der Waals surface area contributed by atoms with Crippen LogP contribution in [-0.4, -0.2) is 11.5 Å². The topological polar surface area (TPSA) is 52.0 Å². The molecule has 3 heteroatoms. The first-order valence-electron chi connectivity index (χ1n) is 7.77. The van der Waals surface area contributed by atoms with Crippen LogP contribution < -0.4 is 5.73 Å². The fourth-order valence-electron chi connectivity index (χ4n) is 3.09. The van der Waals surface area contributed by atoms with Crippen LogP contribution in [0.1, 0.15) is 37.9 Å². The molecule has 0 aromatic carbocycles. The van der Waals surface area contributed by atoms with Crippen molar-refractivity contribution in [3.63, 3.8) is 0 Å². The van der Waals surface area contributed by atoms with Crippen molar-refractivity contribution in [1.29, 1.82) is 0 Å². The van der Waals surface area contributed by atoms with Gasteiger partial charge in [-0.1, -0.05) is 19.3 Å². The Kier molecular flexibility index (Phi) is 4.51. The minimum absolute atomic E-state index is 0.619. The summed E-state index contributed by atoms with van der Waals surface area (Å²) in [4.78, 5) is 4.13. The van der Waals surface area contributed by atoms with Crippen molar-refractivity contribution in [1.82, 2.24) is 4.98 Å². The molecule has 0 aliphatic heterocycles. The Hall–Kier alpha value is -1.87. The SMILES string of the molecule is NC/C(=C/c1ccc(-c2cccnc2)o1)C1CCCCC1. The van der Waals surface area contributed by atoms with E-state index in [9.17, 15) is 0 Å². The highest BCUT2D eigenvalue weighted by atomic mass is 16.3. The highest BCUT2D eigenvalue weighted by Gasteiger charge is 2.17. The normalized spacial score (nSPS) is 17.1. The fraction of sp³-hybridized carbons (Fsp3) is 0.389. The number of nitrogens with two attached hydrogens (primary N) is 1. The average molecular weight is 282 g/mol. The minimum atomic E-state index is 0.619. The van der Waals surface area contributed by atoms with Gasteiger partial charge in [-0.05, 0) is 54.7 Å². The maximum absolute atomic E-state index is 5.95. The summed E-state index contributed by atoms with van der Waals surface area (Å²) in [6.45, 7) is 0.619. The molecule has 0 saturated heterocycles. The van der Waals surface area contributed by atoms with E-state index in [1.807, 2.05) is 30.5 Å². The highest BCUT2D eigenvalue weighted by Crippen LogP contribution is 2.31. The zero-order valence-electron chi connectivity index (χ0n) is 12.3. The zero-order chi connectivity index (χ0) is 14.5. The van der Waals surface area contributed by atoms with E-state index in [-0.39, 0.29) is 0 Å². The Morgan fingerprint density at radius 3 is 2.81 bits per heavy atom. The average Bonchev–Trinajstić information content (AvgIpc) is 3.03. The largest absolute Gasteiger partial charge is 0.457 e. The van der Waals surface area contributed by atoms with Crippen molar-refractivity contribution in [2.24, 2.45) is 11.7 Å². The third-order valence-electron chi connectivity index (χ3n) is 4.27. The van der Waals surface area contributed by atoms with Crippen LogP contribution in [0.3, 0.4) is 0 Å². The van der Waals surface area contributed by atoms with Crippen LogP contribution in [0.2, 0.25) is 0 Å². The van der Waals surface area contributed by atoms with Gasteiger partial charge in [-0.15, -0.1) is 0 Å². The second-order valence-electron chi connectivity index (χ2n) is 5.70. The molecule has 0 unspecified atom stereocenters. The molecule has 1 aliphatic carbocycles. The van der Waals surface area contributed by atoms with Crippen LogP contribution in [0, 0.1) is 5.92 Å². The van der Waals surface area contributed by atoms with Gasteiger partial charge in [-0.2, -0.15) is 0 Å². The lowest BCUT2D eigenvalue weighted by Crippen LogP contribution is -2.15. The Morgan fingerprint density at radius 1 is 1.24 bits per heavy atom. The number of aromatic nitrogens is 1. The van der Waals surface area contributed by atoms with Gasteiger partial charge in [0, 0.05) is 24.5 Å². The summed E-state index contributed by atoms with van der Waals surface area (Å²) in [6, 6.07) is 7.93. The maximum atomic E-state index is 5.95. The molecule has 3 rings (SSSR count). The van der Waals surface area contributed by atoms with Crippen LogP contribution in [0.5, 0.6) is 0 Å². The van der Waals surface area contributed by atoms with Gasteiger partial charge in [0.15, 0.2) is 0 Å². The van der Waals surface area contributed by atoms with Gasteiger partial charge >= 0.3 is 0 Å². The van der Waals surface area contributed by atoms with Crippen molar-refractivity contribution in [2.45, 2.75) is 32.1 Å². The molecule has 2 aromatic rings. The Labute approximate surface area is 125 Å². The molecule has 0 atom stereocenters. The molecule has 0 amide bonds. The second-order valence-corrected chi connectivity index (χ2v) is 5.70. The van der Waals surface area contributed by atoms with E-state index >= 15 is 0 Å². The fourth-order valence-corrected chi connectivity index (χ4v) is 3.09. The number of hydrogen-bond acceptors (Lipinski definition) is 3. The third kappa shape index (κ3) is 3.42. The van der Waals surface area contributed by atoms with Crippen LogP contribution in [0.25, 0.3) is 17.4 Å². The lowest BCUT2D eigenvalue weighted by atomic mass is 9.83. The number of pyridine rings is 1. The van der Waals surface area contributed by atoms with Crippen LogP contribution in [0.15, 0.2) is 46.6 Å². The summed E-state index contributed by atoms with van der Waals surface area (Å²) in [5, 5.41) is 0. The molecule has 110 valence electrons. The maximum Gasteiger partial charge on any atom is 0.136 e. The molecule has 0 spiro atoms. The smallest absolute Gasteiger partial charge is 0.136 e. The van der Waals surface area contributed by atoms with Gasteiger partial charge in [-0.3, -0.25) is 4.98 Å². The molecular formula is C18H22N2O. The van der Waals surface area contributed by atoms with E-state index in [1.165, 1.54) is 37.7 Å². The number of hydrogen-bond donors (Lipinski definition) is 1. The molecule has 1 saturated carbocycles. The van der Waals surface area contributed by atoms with Crippen LogP contribution in [-0.2, 0) is 0 Å². The van der Waals surface area contributed by atoms with Gasteiger partial charge in [0.2, 0.25) is 0 Å². The summed E-state index contributed by atoms with van der Waals surface area (Å²) >= 11 is 0. The number of furan rings is 1. The summed E-state index contributed by atoms with van der Waals surface area (Å²) in [7, 11) is 0. The van der Waals surface area contributed by atoms with Crippen molar-refractivity contribution in [2.75, 3.05) is 6.54 Å². The first-order chi connectivity index (χ1) is 10.4. The van der Waals surface area contributed by atoms with E-state index < -0.39 is 0 Å². The first kappa shape index (κ1) is 14.1. The van der Waals surface area contributed by atoms with Gasteiger partial charge in [0.25, 0.3) is 0 Å². The second kappa shape index (κ2) is 6.72. The predicted octanol–water partition coefficient (Wildman–Crippen LogP) is 4.26. The van der Waals surface area contributed by atoms with Gasteiger partial charge in [0.05, 0.1) is 0 Å². The van der Waals surface area contributed by atoms with Gasteiger partial charge < -0.3 is 10.2 Å². The van der Waals surface area contributed by atoms with E-state index in [4.69, 9.17) is 10.2 Å². The molecular weight excluding hydrogens is 260 g/mol. The van der Waals surface area contributed by atoms with Crippen LogP contribution in [0.4, 0.5) is 0 Å². The standard InChI is InChI=1S/C18H22N2O/c19-12-16(14-5-2-1-3-6-14)11-17-8-9-18(21-17)15-7-4-10-20-13-15/h4,7-11,13-14H,1-3,5-6,12,19H2/b16-11-.